The number of amides is 3. The average Bonchev–Trinajstić information content (AvgIpc) is 3.32. The SMILES string of the molecule is O=C(Nc1cccc(-n2cccc2)c1)c1ccc(N2C(=O)CCC2=O)cc1. The van der Waals surface area contributed by atoms with Crippen molar-refractivity contribution in [1.82, 2.24) is 4.57 Å². The van der Waals surface area contributed by atoms with Gasteiger partial charge >= 0.3 is 0 Å². The molecule has 2 aromatic carbocycles. The maximum Gasteiger partial charge on any atom is 0.255 e. The predicted octanol–water partition coefficient (Wildman–Crippen LogP) is 3.38. The lowest BCUT2D eigenvalue weighted by Crippen LogP contribution is -2.28. The Kier molecular flexibility index (Phi) is 4.30. The summed E-state index contributed by atoms with van der Waals surface area (Å²) in [5.41, 5.74) is 2.57. The maximum atomic E-state index is 12.5. The molecule has 134 valence electrons. The third-order valence-corrected chi connectivity index (χ3v) is 4.45. The fourth-order valence-corrected chi connectivity index (χ4v) is 3.08. The van der Waals surface area contributed by atoms with Crippen LogP contribution in [0.25, 0.3) is 5.69 Å². The van der Waals surface area contributed by atoms with E-state index in [-0.39, 0.29) is 30.6 Å². The summed E-state index contributed by atoms with van der Waals surface area (Å²) >= 11 is 0. The van der Waals surface area contributed by atoms with Crippen molar-refractivity contribution in [3.63, 3.8) is 0 Å². The number of aromatic nitrogens is 1. The Bertz CT molecular complexity index is 991. The molecule has 3 aromatic rings. The predicted molar refractivity (Wildman–Crippen MR) is 102 cm³/mol. The van der Waals surface area contributed by atoms with Crippen molar-refractivity contribution in [2.45, 2.75) is 12.8 Å². The summed E-state index contributed by atoms with van der Waals surface area (Å²) in [6.45, 7) is 0. The molecule has 27 heavy (non-hydrogen) atoms. The number of nitrogens with one attached hydrogen (secondary N) is 1. The van der Waals surface area contributed by atoms with Gasteiger partial charge in [-0.05, 0) is 54.6 Å². The van der Waals surface area contributed by atoms with Crippen molar-refractivity contribution in [3.05, 3.63) is 78.6 Å². The number of benzene rings is 2. The number of carbonyl (C=O) groups is 3. The molecule has 1 aromatic heterocycles. The number of rotatable bonds is 4. The van der Waals surface area contributed by atoms with Gasteiger partial charge in [-0.2, -0.15) is 0 Å². The van der Waals surface area contributed by atoms with Gasteiger partial charge in [0.1, 0.15) is 0 Å². The van der Waals surface area contributed by atoms with E-state index < -0.39 is 0 Å². The Morgan fingerprint density at radius 2 is 1.48 bits per heavy atom. The minimum absolute atomic E-state index is 0.209. The van der Waals surface area contributed by atoms with Crippen LogP contribution in [0, 0.1) is 0 Å². The maximum absolute atomic E-state index is 12.5. The first-order valence-corrected chi connectivity index (χ1v) is 8.62. The Balaban J connectivity index is 1.50. The number of carbonyl (C=O) groups excluding carboxylic acids is 3. The first kappa shape index (κ1) is 16.8. The second kappa shape index (κ2) is 6.92. The topological polar surface area (TPSA) is 71.4 Å². The van der Waals surface area contributed by atoms with Crippen molar-refractivity contribution in [1.29, 1.82) is 0 Å². The van der Waals surface area contributed by atoms with Gasteiger partial charge in [0, 0.05) is 42.2 Å². The van der Waals surface area contributed by atoms with Crippen LogP contribution in [0.1, 0.15) is 23.2 Å². The molecular formula is C21H17N3O3. The highest BCUT2D eigenvalue weighted by Gasteiger charge is 2.30. The fourth-order valence-electron chi connectivity index (χ4n) is 3.08. The summed E-state index contributed by atoms with van der Waals surface area (Å²) in [5.74, 6) is -0.677. The zero-order chi connectivity index (χ0) is 18.8. The van der Waals surface area contributed by atoms with E-state index in [4.69, 9.17) is 0 Å². The Labute approximate surface area is 156 Å². The van der Waals surface area contributed by atoms with Gasteiger partial charge < -0.3 is 9.88 Å². The quantitative estimate of drug-likeness (QED) is 0.726. The minimum atomic E-state index is -0.259. The van der Waals surface area contributed by atoms with E-state index in [2.05, 4.69) is 5.32 Å². The van der Waals surface area contributed by atoms with Gasteiger partial charge in [0.15, 0.2) is 0 Å². The highest BCUT2D eigenvalue weighted by molar-refractivity contribution is 6.20. The first-order chi connectivity index (χ1) is 13.1. The van der Waals surface area contributed by atoms with Crippen LogP contribution < -0.4 is 10.2 Å². The van der Waals surface area contributed by atoms with Gasteiger partial charge in [0.25, 0.3) is 5.91 Å². The molecule has 0 saturated carbocycles. The Hall–Kier alpha value is -3.67. The molecule has 0 unspecified atom stereocenters. The molecule has 0 aliphatic carbocycles. The van der Waals surface area contributed by atoms with E-state index in [0.29, 0.717) is 16.9 Å². The molecule has 0 bridgehead atoms. The molecular weight excluding hydrogens is 342 g/mol. The van der Waals surface area contributed by atoms with Crippen LogP contribution in [0.3, 0.4) is 0 Å². The van der Waals surface area contributed by atoms with Crippen molar-refractivity contribution in [2.75, 3.05) is 10.2 Å². The lowest BCUT2D eigenvalue weighted by atomic mass is 10.1. The normalized spacial score (nSPS) is 13.9. The summed E-state index contributed by atoms with van der Waals surface area (Å²) in [7, 11) is 0. The Morgan fingerprint density at radius 1 is 0.815 bits per heavy atom. The number of hydrogen-bond donors (Lipinski definition) is 1. The van der Waals surface area contributed by atoms with Crippen molar-refractivity contribution in [2.24, 2.45) is 0 Å². The van der Waals surface area contributed by atoms with Crippen molar-refractivity contribution < 1.29 is 14.4 Å². The summed E-state index contributed by atoms with van der Waals surface area (Å²) < 4.78 is 1.95. The average molecular weight is 359 g/mol. The number of hydrogen-bond acceptors (Lipinski definition) is 3. The molecule has 1 fully saturated rings. The largest absolute Gasteiger partial charge is 0.324 e. The van der Waals surface area contributed by atoms with E-state index >= 15 is 0 Å². The third-order valence-electron chi connectivity index (χ3n) is 4.45. The summed E-state index contributed by atoms with van der Waals surface area (Å²) in [5, 5.41) is 2.87. The zero-order valence-corrected chi connectivity index (χ0v) is 14.5. The van der Waals surface area contributed by atoms with Gasteiger partial charge in [-0.3, -0.25) is 19.3 Å². The highest BCUT2D eigenvalue weighted by Crippen LogP contribution is 2.23. The van der Waals surface area contributed by atoms with Crippen LogP contribution in [0.2, 0.25) is 0 Å². The van der Waals surface area contributed by atoms with E-state index in [0.717, 1.165) is 5.69 Å². The van der Waals surface area contributed by atoms with Crippen LogP contribution in [-0.2, 0) is 9.59 Å². The summed E-state index contributed by atoms with van der Waals surface area (Å²) in [6.07, 6.45) is 4.33. The second-order valence-electron chi connectivity index (χ2n) is 6.26. The molecule has 4 rings (SSSR count). The molecule has 6 nitrogen and oxygen atoms in total. The van der Waals surface area contributed by atoms with Crippen molar-refractivity contribution >= 4 is 29.1 Å². The third kappa shape index (κ3) is 3.37. The molecule has 0 radical (unpaired) electrons. The Morgan fingerprint density at radius 3 is 2.15 bits per heavy atom. The van der Waals surface area contributed by atoms with Gasteiger partial charge in [-0.1, -0.05) is 6.07 Å². The molecule has 1 aliphatic rings. The van der Waals surface area contributed by atoms with Crippen LogP contribution in [0.4, 0.5) is 11.4 Å². The lowest BCUT2D eigenvalue weighted by molar-refractivity contribution is -0.121. The summed E-state index contributed by atoms with van der Waals surface area (Å²) in [4.78, 5) is 37.3. The van der Waals surface area contributed by atoms with Crippen LogP contribution in [-0.4, -0.2) is 22.3 Å². The minimum Gasteiger partial charge on any atom is -0.324 e. The first-order valence-electron chi connectivity index (χ1n) is 8.62. The smallest absolute Gasteiger partial charge is 0.255 e. The molecule has 3 amide bonds. The van der Waals surface area contributed by atoms with E-state index in [9.17, 15) is 14.4 Å². The van der Waals surface area contributed by atoms with Gasteiger partial charge in [-0.15, -0.1) is 0 Å². The number of imide groups is 1. The fraction of sp³-hybridized carbons (Fsp3) is 0.0952. The molecule has 1 saturated heterocycles. The van der Waals surface area contributed by atoms with Crippen LogP contribution >= 0.6 is 0 Å². The molecule has 6 heteroatoms. The van der Waals surface area contributed by atoms with E-state index in [1.807, 2.05) is 53.4 Å². The van der Waals surface area contributed by atoms with Gasteiger partial charge in [0.05, 0.1) is 5.69 Å². The van der Waals surface area contributed by atoms with Crippen molar-refractivity contribution in [3.8, 4) is 5.69 Å². The molecule has 0 spiro atoms. The number of anilines is 2. The molecule has 0 atom stereocenters. The zero-order valence-electron chi connectivity index (χ0n) is 14.5. The van der Waals surface area contributed by atoms with E-state index in [1.165, 1.54) is 4.90 Å². The number of nitrogens with zero attached hydrogens (tertiary/aromatic N) is 2. The van der Waals surface area contributed by atoms with Crippen LogP contribution in [0.15, 0.2) is 73.1 Å². The standard InChI is InChI=1S/C21H17N3O3/c25-19-10-11-20(26)24(19)17-8-6-15(7-9-17)21(27)22-16-4-3-5-18(14-16)23-12-1-2-13-23/h1-9,12-14H,10-11H2,(H,22,27). The van der Waals surface area contributed by atoms with E-state index in [1.54, 1.807) is 24.3 Å². The monoisotopic (exact) mass is 359 g/mol. The van der Waals surface area contributed by atoms with Gasteiger partial charge in [0.2, 0.25) is 11.8 Å². The highest BCUT2D eigenvalue weighted by atomic mass is 16.2. The molecule has 1 aliphatic heterocycles. The van der Waals surface area contributed by atoms with Gasteiger partial charge in [-0.25, -0.2) is 0 Å². The molecule has 1 N–H and O–H groups in total. The second-order valence-corrected chi connectivity index (χ2v) is 6.26. The lowest BCUT2D eigenvalue weighted by Gasteiger charge is -2.14. The van der Waals surface area contributed by atoms with Crippen LogP contribution in [0.5, 0.6) is 0 Å². The molecule has 2 heterocycles. The summed E-state index contributed by atoms with van der Waals surface area (Å²) in [6, 6.07) is 17.9.